The Bertz CT molecular complexity index is 414. The molecule has 118 valence electrons. The fourth-order valence-electron chi connectivity index (χ4n) is 2.93. The first-order valence-electron chi connectivity index (χ1n) is 8.10. The van der Waals surface area contributed by atoms with E-state index in [0.717, 1.165) is 24.0 Å². The molecule has 0 aliphatic heterocycles. The summed E-state index contributed by atoms with van der Waals surface area (Å²) in [6.45, 7) is 5.70. The van der Waals surface area contributed by atoms with Crippen LogP contribution in [-0.4, -0.2) is 29.7 Å². The Kier molecular flexibility index (Phi) is 6.23. The molecular weight excluding hydrogens is 264 g/mol. The first-order chi connectivity index (χ1) is 10.2. The second-order valence-corrected chi connectivity index (χ2v) is 5.88. The van der Waals surface area contributed by atoms with Crippen molar-refractivity contribution in [3.8, 4) is 0 Å². The van der Waals surface area contributed by atoms with Gasteiger partial charge in [-0.3, -0.25) is 0 Å². The van der Waals surface area contributed by atoms with E-state index in [0.29, 0.717) is 18.6 Å². The molecule has 21 heavy (non-hydrogen) atoms. The Balaban J connectivity index is 2.12. The molecule has 1 aromatic rings. The van der Waals surface area contributed by atoms with Gasteiger partial charge in [-0.1, -0.05) is 26.2 Å². The molecule has 1 saturated carbocycles. The van der Waals surface area contributed by atoms with Gasteiger partial charge in [0.2, 0.25) is 0 Å². The average Bonchev–Trinajstić information content (AvgIpc) is 2.65. The molecule has 0 spiro atoms. The highest BCUT2D eigenvalue weighted by Gasteiger charge is 2.20. The van der Waals surface area contributed by atoms with Crippen LogP contribution in [0.3, 0.4) is 0 Å². The van der Waals surface area contributed by atoms with E-state index in [2.05, 4.69) is 34.4 Å². The normalized spacial score (nSPS) is 22.6. The molecule has 2 unspecified atom stereocenters. The fraction of sp³-hybridized carbons (Fsp3) is 0.750. The summed E-state index contributed by atoms with van der Waals surface area (Å²) in [7, 11) is 1.67. The first-order valence-corrected chi connectivity index (χ1v) is 8.10. The fourth-order valence-corrected chi connectivity index (χ4v) is 2.93. The van der Waals surface area contributed by atoms with Gasteiger partial charge in [0.25, 0.3) is 0 Å². The number of rotatable bonds is 6. The number of hydrogen-bond acceptors (Lipinski definition) is 5. The number of ether oxygens (including phenoxy) is 1. The number of methoxy groups -OCH3 is 1. The van der Waals surface area contributed by atoms with Gasteiger partial charge in [0.05, 0.1) is 0 Å². The lowest BCUT2D eigenvalue weighted by atomic mass is 9.97. The van der Waals surface area contributed by atoms with E-state index >= 15 is 0 Å². The largest absolute Gasteiger partial charge is 0.377 e. The second-order valence-electron chi connectivity index (χ2n) is 5.88. The maximum absolute atomic E-state index is 5.17. The first kappa shape index (κ1) is 16.0. The average molecular weight is 292 g/mol. The highest BCUT2D eigenvalue weighted by molar-refractivity contribution is 5.48. The summed E-state index contributed by atoms with van der Waals surface area (Å²) in [5.41, 5.74) is 0. The van der Waals surface area contributed by atoms with Gasteiger partial charge in [-0.05, 0) is 25.7 Å². The molecule has 0 amide bonds. The Morgan fingerprint density at radius 2 is 1.95 bits per heavy atom. The van der Waals surface area contributed by atoms with Crippen molar-refractivity contribution in [2.75, 3.05) is 24.3 Å². The van der Waals surface area contributed by atoms with Gasteiger partial charge in [-0.2, -0.15) is 0 Å². The van der Waals surface area contributed by atoms with Crippen molar-refractivity contribution in [3.63, 3.8) is 0 Å². The topological polar surface area (TPSA) is 59.1 Å². The summed E-state index contributed by atoms with van der Waals surface area (Å²) in [4.78, 5) is 9.03. The summed E-state index contributed by atoms with van der Waals surface area (Å²) in [6.07, 6.45) is 6.53. The van der Waals surface area contributed by atoms with Crippen LogP contribution in [0.25, 0.3) is 0 Å². The molecule has 1 fully saturated rings. The van der Waals surface area contributed by atoms with Gasteiger partial charge in [-0.15, -0.1) is 0 Å². The molecule has 0 aromatic carbocycles. The third-order valence-corrected chi connectivity index (χ3v) is 4.10. The molecule has 5 nitrogen and oxygen atoms in total. The summed E-state index contributed by atoms with van der Waals surface area (Å²) in [5.74, 6) is 3.19. The smallest absolute Gasteiger partial charge is 0.158 e. The van der Waals surface area contributed by atoms with Crippen molar-refractivity contribution >= 4 is 11.6 Å². The second kappa shape index (κ2) is 8.17. The van der Waals surface area contributed by atoms with Gasteiger partial charge in [-0.25, -0.2) is 9.97 Å². The number of aromatic nitrogens is 2. The molecule has 2 rings (SSSR count). The van der Waals surface area contributed by atoms with Crippen LogP contribution in [0, 0.1) is 5.92 Å². The lowest BCUT2D eigenvalue weighted by Crippen LogP contribution is -2.27. The number of hydrogen-bond donors (Lipinski definition) is 2. The number of nitrogens with zero attached hydrogens (tertiary/aromatic N) is 2. The van der Waals surface area contributed by atoms with Crippen LogP contribution in [0.2, 0.25) is 0 Å². The summed E-state index contributed by atoms with van der Waals surface area (Å²) < 4.78 is 5.17. The van der Waals surface area contributed by atoms with Crippen LogP contribution >= 0.6 is 0 Å². The molecule has 2 N–H and O–H groups in total. The zero-order valence-corrected chi connectivity index (χ0v) is 13.5. The lowest BCUT2D eigenvalue weighted by Gasteiger charge is -2.23. The van der Waals surface area contributed by atoms with Gasteiger partial charge >= 0.3 is 0 Å². The van der Waals surface area contributed by atoms with Gasteiger partial charge in [0.15, 0.2) is 5.82 Å². The van der Waals surface area contributed by atoms with E-state index in [1.165, 1.54) is 32.1 Å². The molecular formula is C16H28N4O. The van der Waals surface area contributed by atoms with Gasteiger partial charge in [0, 0.05) is 25.8 Å². The quantitative estimate of drug-likeness (QED) is 0.787. The molecule has 0 bridgehead atoms. The van der Waals surface area contributed by atoms with Crippen molar-refractivity contribution in [2.45, 2.75) is 58.6 Å². The minimum atomic E-state index is 0.439. The monoisotopic (exact) mass is 292 g/mol. The Hall–Kier alpha value is -1.36. The van der Waals surface area contributed by atoms with Crippen LogP contribution in [0.5, 0.6) is 0 Å². The van der Waals surface area contributed by atoms with E-state index in [-0.39, 0.29) is 0 Å². The predicted molar refractivity (Wildman–Crippen MR) is 86.6 cm³/mol. The van der Waals surface area contributed by atoms with E-state index in [4.69, 9.17) is 4.74 Å². The van der Waals surface area contributed by atoms with Crippen LogP contribution in [-0.2, 0) is 11.3 Å². The predicted octanol–water partition coefficient (Wildman–Crippen LogP) is 3.44. The lowest BCUT2D eigenvalue weighted by molar-refractivity contribution is 0.178. The maximum atomic E-state index is 5.17. The third-order valence-electron chi connectivity index (χ3n) is 4.10. The molecule has 1 heterocycles. The van der Waals surface area contributed by atoms with Crippen LogP contribution in [0.1, 0.15) is 51.8 Å². The standard InChI is InChI=1S/C16H28N4O/c1-4-17-14-10-15(20-16(19-14)11-21-3)18-13-9-7-5-6-8-12(13)2/h10,12-13H,4-9,11H2,1-3H3,(H2,17,18,19,20). The molecule has 2 atom stereocenters. The van der Waals surface area contributed by atoms with Crippen molar-refractivity contribution in [1.29, 1.82) is 0 Å². The van der Waals surface area contributed by atoms with Crippen LogP contribution in [0.15, 0.2) is 6.07 Å². The van der Waals surface area contributed by atoms with Crippen molar-refractivity contribution in [1.82, 2.24) is 9.97 Å². The summed E-state index contributed by atoms with van der Waals surface area (Å²) in [5, 5.41) is 6.88. The van der Waals surface area contributed by atoms with E-state index < -0.39 is 0 Å². The van der Waals surface area contributed by atoms with Crippen molar-refractivity contribution in [2.24, 2.45) is 5.92 Å². The minimum Gasteiger partial charge on any atom is -0.377 e. The molecule has 0 saturated heterocycles. The summed E-state index contributed by atoms with van der Waals surface area (Å²) in [6, 6.07) is 2.51. The van der Waals surface area contributed by atoms with E-state index in [1.807, 2.05) is 6.07 Å². The third kappa shape index (κ3) is 4.84. The highest BCUT2D eigenvalue weighted by Crippen LogP contribution is 2.26. The zero-order chi connectivity index (χ0) is 15.1. The molecule has 5 heteroatoms. The van der Waals surface area contributed by atoms with Crippen molar-refractivity contribution in [3.05, 3.63) is 11.9 Å². The zero-order valence-electron chi connectivity index (χ0n) is 13.5. The molecule has 1 aromatic heterocycles. The highest BCUT2D eigenvalue weighted by atomic mass is 16.5. The van der Waals surface area contributed by atoms with E-state index in [9.17, 15) is 0 Å². The SMILES string of the molecule is CCNc1cc(NC2CCCCCC2C)nc(COC)n1. The Morgan fingerprint density at radius 1 is 1.19 bits per heavy atom. The molecule has 0 radical (unpaired) electrons. The Labute approximate surface area is 127 Å². The van der Waals surface area contributed by atoms with Gasteiger partial charge in [0.1, 0.15) is 18.2 Å². The number of anilines is 2. The Morgan fingerprint density at radius 3 is 2.71 bits per heavy atom. The molecule has 1 aliphatic carbocycles. The minimum absolute atomic E-state index is 0.439. The van der Waals surface area contributed by atoms with Gasteiger partial charge < -0.3 is 15.4 Å². The maximum Gasteiger partial charge on any atom is 0.158 e. The van der Waals surface area contributed by atoms with Crippen molar-refractivity contribution < 1.29 is 4.74 Å². The molecule has 1 aliphatic rings. The summed E-state index contributed by atoms with van der Waals surface area (Å²) >= 11 is 0. The van der Waals surface area contributed by atoms with Crippen LogP contribution < -0.4 is 10.6 Å². The number of nitrogens with one attached hydrogen (secondary N) is 2. The van der Waals surface area contributed by atoms with E-state index in [1.54, 1.807) is 7.11 Å². The van der Waals surface area contributed by atoms with Crippen LogP contribution in [0.4, 0.5) is 11.6 Å².